The lowest BCUT2D eigenvalue weighted by Crippen LogP contribution is -2.36. The number of hydrogen-bond donors (Lipinski definition) is 2. The highest BCUT2D eigenvalue weighted by Gasteiger charge is 2.24. The number of thioether (sulfide) groups is 1. The first-order valence-corrected chi connectivity index (χ1v) is 6.79. The Kier molecular flexibility index (Phi) is 5.09. The summed E-state index contributed by atoms with van der Waals surface area (Å²) < 4.78 is 0. The van der Waals surface area contributed by atoms with E-state index in [0.29, 0.717) is 5.75 Å². The molecule has 1 atom stereocenters. The summed E-state index contributed by atoms with van der Waals surface area (Å²) in [5.41, 5.74) is -1.45. The monoisotopic (exact) mass is 282 g/mol. The Morgan fingerprint density at radius 3 is 2.95 bits per heavy atom. The van der Waals surface area contributed by atoms with E-state index in [9.17, 15) is 15.2 Å². The molecule has 0 saturated heterocycles. The number of nitrogens with one attached hydrogen (secondary N) is 1. The van der Waals surface area contributed by atoms with Crippen LogP contribution in [0.15, 0.2) is 12.3 Å². The quantitative estimate of drug-likeness (QED) is 0.598. The highest BCUT2D eigenvalue weighted by atomic mass is 32.2. The van der Waals surface area contributed by atoms with Crippen molar-refractivity contribution in [3.63, 3.8) is 0 Å². The molecule has 1 rings (SSSR count). The fourth-order valence-electron chi connectivity index (χ4n) is 1.49. The van der Waals surface area contributed by atoms with Crippen LogP contribution in [0.1, 0.15) is 12.5 Å². The molecule has 1 aromatic rings. The van der Waals surface area contributed by atoms with E-state index < -0.39 is 10.5 Å². The van der Waals surface area contributed by atoms with Crippen molar-refractivity contribution in [1.82, 2.24) is 4.98 Å². The van der Waals surface area contributed by atoms with Gasteiger partial charge in [0.1, 0.15) is 11.6 Å². The smallest absolute Gasteiger partial charge is 0.328 e. The number of pyridine rings is 1. The van der Waals surface area contributed by atoms with Crippen LogP contribution < -0.4 is 5.32 Å². The zero-order chi connectivity index (χ0) is 14.5. The number of nitrogens with zero attached hydrogens (tertiary/aromatic N) is 3. The first-order valence-electron chi connectivity index (χ1n) is 5.40. The highest BCUT2D eigenvalue weighted by Crippen LogP contribution is 2.26. The van der Waals surface area contributed by atoms with E-state index in [1.807, 2.05) is 6.26 Å². The molecule has 1 unspecified atom stereocenters. The molecule has 0 fully saturated rings. The average molecular weight is 282 g/mol. The number of nitro groups is 1. The molecule has 0 radical (unpaired) electrons. The Labute approximate surface area is 114 Å². The van der Waals surface area contributed by atoms with E-state index >= 15 is 0 Å². The normalized spacial score (nSPS) is 13.4. The Bertz CT molecular complexity index is 513. The van der Waals surface area contributed by atoms with Crippen molar-refractivity contribution in [2.24, 2.45) is 0 Å². The van der Waals surface area contributed by atoms with E-state index in [0.717, 1.165) is 0 Å². The third-order valence-electron chi connectivity index (χ3n) is 2.32. The summed E-state index contributed by atoms with van der Waals surface area (Å²) >= 11 is 1.47. The summed E-state index contributed by atoms with van der Waals surface area (Å²) in [5.74, 6) is 0.469. The van der Waals surface area contributed by atoms with Gasteiger partial charge >= 0.3 is 5.69 Å². The number of anilines is 1. The molecule has 0 aliphatic carbocycles. The van der Waals surface area contributed by atoms with Crippen LogP contribution in [0.4, 0.5) is 11.5 Å². The molecular weight excluding hydrogens is 268 g/mol. The molecule has 2 N–H and O–H groups in total. The molecule has 19 heavy (non-hydrogen) atoms. The van der Waals surface area contributed by atoms with Crippen LogP contribution in [0.2, 0.25) is 0 Å². The van der Waals surface area contributed by atoms with E-state index in [2.05, 4.69) is 10.3 Å². The number of hydrogen-bond acceptors (Lipinski definition) is 7. The van der Waals surface area contributed by atoms with E-state index in [-0.39, 0.29) is 23.6 Å². The Balaban J connectivity index is 2.96. The van der Waals surface area contributed by atoms with E-state index in [4.69, 9.17) is 5.26 Å². The molecule has 0 aromatic carbocycles. The van der Waals surface area contributed by atoms with Gasteiger partial charge in [-0.05, 0) is 19.2 Å². The first-order chi connectivity index (χ1) is 8.91. The Morgan fingerprint density at radius 1 is 1.74 bits per heavy atom. The average Bonchev–Trinajstić information content (AvgIpc) is 2.35. The van der Waals surface area contributed by atoms with Crippen molar-refractivity contribution in [3.8, 4) is 6.07 Å². The fraction of sp³-hybridized carbons (Fsp3) is 0.455. The van der Waals surface area contributed by atoms with Gasteiger partial charge in [0.25, 0.3) is 0 Å². The summed E-state index contributed by atoms with van der Waals surface area (Å²) in [6.07, 6.45) is 3.17. The van der Waals surface area contributed by atoms with E-state index in [1.54, 1.807) is 13.0 Å². The van der Waals surface area contributed by atoms with Crippen molar-refractivity contribution >= 4 is 23.3 Å². The summed E-state index contributed by atoms with van der Waals surface area (Å²) in [5, 5.41) is 32.5. The lowest BCUT2D eigenvalue weighted by Gasteiger charge is -2.22. The van der Waals surface area contributed by atoms with E-state index in [1.165, 1.54) is 24.0 Å². The van der Waals surface area contributed by atoms with Crippen LogP contribution in [0, 0.1) is 21.4 Å². The maximum atomic E-state index is 11.0. The predicted octanol–water partition coefficient (Wildman–Crippen LogP) is 1.39. The van der Waals surface area contributed by atoms with Gasteiger partial charge in [0, 0.05) is 18.5 Å². The molecule has 0 spiro atoms. The van der Waals surface area contributed by atoms with Gasteiger partial charge in [-0.15, -0.1) is 0 Å². The second-order valence-corrected chi connectivity index (χ2v) is 5.07. The van der Waals surface area contributed by atoms with Gasteiger partial charge in [0.05, 0.1) is 10.5 Å². The summed E-state index contributed by atoms with van der Waals surface area (Å²) in [6, 6.07) is 3.03. The van der Waals surface area contributed by atoms with Gasteiger partial charge in [-0.2, -0.15) is 17.0 Å². The third kappa shape index (κ3) is 4.08. The molecule has 7 nitrogen and oxygen atoms in total. The third-order valence-corrected chi connectivity index (χ3v) is 3.23. The van der Waals surface area contributed by atoms with Gasteiger partial charge in [-0.3, -0.25) is 10.1 Å². The molecular formula is C11H14N4O3S. The van der Waals surface area contributed by atoms with Crippen molar-refractivity contribution < 1.29 is 10.0 Å². The lowest BCUT2D eigenvalue weighted by molar-refractivity contribution is -0.384. The van der Waals surface area contributed by atoms with Gasteiger partial charge in [0.15, 0.2) is 0 Å². The molecule has 1 heterocycles. The number of aliphatic hydroxyl groups is 1. The molecule has 0 amide bonds. The summed E-state index contributed by atoms with van der Waals surface area (Å²) in [7, 11) is 0. The maximum absolute atomic E-state index is 11.0. The van der Waals surface area contributed by atoms with Crippen LogP contribution in [-0.2, 0) is 0 Å². The summed E-state index contributed by atoms with van der Waals surface area (Å²) in [4.78, 5) is 14.2. The SMILES string of the molecule is CSCC(C)(O)CNc1nccc(C#N)c1[N+](=O)[O-]. The zero-order valence-corrected chi connectivity index (χ0v) is 11.4. The fourth-order valence-corrected chi connectivity index (χ4v) is 2.22. The van der Waals surface area contributed by atoms with Crippen LogP contribution in [0.5, 0.6) is 0 Å². The van der Waals surface area contributed by atoms with Crippen LogP contribution in [0.25, 0.3) is 0 Å². The topological polar surface area (TPSA) is 112 Å². The van der Waals surface area contributed by atoms with Gasteiger partial charge < -0.3 is 10.4 Å². The Morgan fingerprint density at radius 2 is 2.42 bits per heavy atom. The van der Waals surface area contributed by atoms with Gasteiger partial charge in [0.2, 0.25) is 5.82 Å². The summed E-state index contributed by atoms with van der Waals surface area (Å²) in [6.45, 7) is 1.73. The predicted molar refractivity (Wildman–Crippen MR) is 73.1 cm³/mol. The lowest BCUT2D eigenvalue weighted by atomic mass is 10.1. The second kappa shape index (κ2) is 6.36. The molecule has 8 heteroatoms. The molecule has 1 aromatic heterocycles. The van der Waals surface area contributed by atoms with Crippen molar-refractivity contribution in [2.75, 3.05) is 23.9 Å². The molecule has 102 valence electrons. The zero-order valence-electron chi connectivity index (χ0n) is 10.6. The standard InChI is InChI=1S/C11H14N4O3S/c1-11(16,7-19-2)6-14-10-9(15(17)18)8(5-12)3-4-13-10/h3-4,16H,6-7H2,1-2H3,(H,13,14). The number of nitriles is 1. The molecule has 0 bridgehead atoms. The van der Waals surface area contributed by atoms with Crippen molar-refractivity contribution in [3.05, 3.63) is 27.9 Å². The van der Waals surface area contributed by atoms with Crippen LogP contribution >= 0.6 is 11.8 Å². The molecule has 0 aliphatic rings. The first kappa shape index (κ1) is 15.2. The minimum Gasteiger partial charge on any atom is -0.387 e. The number of aromatic nitrogens is 1. The van der Waals surface area contributed by atoms with Crippen LogP contribution in [0.3, 0.4) is 0 Å². The Hall–Kier alpha value is -1.85. The van der Waals surface area contributed by atoms with Gasteiger partial charge in [-0.1, -0.05) is 0 Å². The van der Waals surface area contributed by atoms with Crippen molar-refractivity contribution in [1.29, 1.82) is 5.26 Å². The highest BCUT2D eigenvalue weighted by molar-refractivity contribution is 7.98. The number of rotatable bonds is 6. The minimum absolute atomic E-state index is 0.00886. The molecule has 0 aliphatic heterocycles. The second-order valence-electron chi connectivity index (χ2n) is 4.21. The maximum Gasteiger partial charge on any atom is 0.328 e. The molecule has 0 saturated carbocycles. The minimum atomic E-state index is -1.02. The van der Waals surface area contributed by atoms with Gasteiger partial charge in [-0.25, -0.2) is 4.98 Å². The van der Waals surface area contributed by atoms with Crippen molar-refractivity contribution in [2.45, 2.75) is 12.5 Å². The van der Waals surface area contributed by atoms with Crippen LogP contribution in [-0.4, -0.2) is 39.2 Å². The largest absolute Gasteiger partial charge is 0.387 e.